The minimum absolute atomic E-state index is 0.690. The lowest BCUT2D eigenvalue weighted by atomic mass is 10.0. The van der Waals surface area contributed by atoms with E-state index < -0.39 is 0 Å². The monoisotopic (exact) mass is 328 g/mol. The van der Waals surface area contributed by atoms with Crippen molar-refractivity contribution in [3.05, 3.63) is 40.8 Å². The first-order valence-electron chi connectivity index (χ1n) is 8.27. The van der Waals surface area contributed by atoms with Gasteiger partial charge in [0.15, 0.2) is 0 Å². The second-order valence-electron chi connectivity index (χ2n) is 5.78. The quantitative estimate of drug-likeness (QED) is 0.607. The number of nitrogens with two attached hydrogens (primary N) is 1. The predicted molar refractivity (Wildman–Crippen MR) is 99.5 cm³/mol. The van der Waals surface area contributed by atoms with E-state index in [0.29, 0.717) is 6.61 Å². The van der Waals surface area contributed by atoms with Crippen LogP contribution in [0.5, 0.6) is 5.75 Å². The number of hydrogen-bond donors (Lipinski definition) is 2. The predicted octanol–water partition coefficient (Wildman–Crippen LogP) is 4.88. The molecule has 0 aliphatic rings. The summed E-state index contributed by atoms with van der Waals surface area (Å²) < 4.78 is 5.68. The lowest BCUT2D eigenvalue weighted by molar-refractivity contribution is 0.340. The zero-order valence-corrected chi connectivity index (χ0v) is 14.6. The van der Waals surface area contributed by atoms with E-state index in [4.69, 9.17) is 10.5 Å². The summed E-state index contributed by atoms with van der Waals surface area (Å²) >= 11 is 1.84. The van der Waals surface area contributed by atoms with Crippen molar-refractivity contribution >= 4 is 22.2 Å². The summed E-state index contributed by atoms with van der Waals surface area (Å²) in [4.78, 5) is 6.25. The fraction of sp³-hybridized carbons (Fsp3) is 0.368. The molecule has 3 N–H and O–H groups in total. The zero-order chi connectivity index (χ0) is 16.2. The molecule has 3 rings (SSSR count). The van der Waals surface area contributed by atoms with E-state index in [1.807, 2.05) is 24.3 Å². The van der Waals surface area contributed by atoms with Crippen molar-refractivity contribution in [2.24, 2.45) is 5.73 Å². The Morgan fingerprint density at radius 1 is 1.17 bits per heavy atom. The molecule has 0 bridgehead atoms. The standard InChI is InChI=1S/C19H24N2OS/c1-3-22-14-8-9-17-16(12-14)15(6-4-5-11-20)19(21-17)18-10-7-13(2)23-18/h7-10,12,21H,3-6,11,20H2,1-2H3. The van der Waals surface area contributed by atoms with Gasteiger partial charge in [0.1, 0.15) is 5.75 Å². The van der Waals surface area contributed by atoms with Gasteiger partial charge in [-0.2, -0.15) is 0 Å². The molecule has 23 heavy (non-hydrogen) atoms. The minimum Gasteiger partial charge on any atom is -0.494 e. The number of ether oxygens (including phenoxy) is 1. The van der Waals surface area contributed by atoms with Crippen LogP contribution in [0, 0.1) is 6.92 Å². The van der Waals surface area contributed by atoms with Gasteiger partial charge < -0.3 is 15.5 Å². The first-order valence-corrected chi connectivity index (χ1v) is 9.09. The number of nitrogens with one attached hydrogen (secondary N) is 1. The van der Waals surface area contributed by atoms with Gasteiger partial charge in [-0.1, -0.05) is 0 Å². The summed E-state index contributed by atoms with van der Waals surface area (Å²) in [5.41, 5.74) is 9.49. The molecule has 2 heterocycles. The highest BCUT2D eigenvalue weighted by molar-refractivity contribution is 7.15. The third-order valence-electron chi connectivity index (χ3n) is 4.06. The molecule has 2 aromatic heterocycles. The van der Waals surface area contributed by atoms with Gasteiger partial charge >= 0.3 is 0 Å². The Labute approximate surface area is 141 Å². The molecule has 0 aliphatic carbocycles. The van der Waals surface area contributed by atoms with Crippen LogP contribution in [0.25, 0.3) is 21.5 Å². The Bertz CT molecular complexity index is 788. The lowest BCUT2D eigenvalue weighted by Gasteiger charge is -2.05. The van der Waals surface area contributed by atoms with Crippen LogP contribution in [0.2, 0.25) is 0 Å². The molecule has 1 aromatic carbocycles. The Balaban J connectivity index is 2.07. The van der Waals surface area contributed by atoms with Crippen molar-refractivity contribution in [2.75, 3.05) is 13.2 Å². The SMILES string of the molecule is CCOc1ccc2[nH]c(-c3ccc(C)s3)c(CCCCN)c2c1. The molecular formula is C19H24N2OS. The van der Waals surface area contributed by atoms with Crippen LogP contribution >= 0.6 is 11.3 Å². The van der Waals surface area contributed by atoms with Crippen molar-refractivity contribution in [3.63, 3.8) is 0 Å². The average molecular weight is 328 g/mol. The number of rotatable bonds is 7. The first-order chi connectivity index (χ1) is 11.2. The molecule has 3 nitrogen and oxygen atoms in total. The number of H-pyrrole nitrogens is 1. The van der Waals surface area contributed by atoms with Crippen LogP contribution in [-0.4, -0.2) is 18.1 Å². The van der Waals surface area contributed by atoms with Crippen LogP contribution in [-0.2, 0) is 6.42 Å². The lowest BCUT2D eigenvalue weighted by Crippen LogP contribution is -1.99. The summed E-state index contributed by atoms with van der Waals surface area (Å²) in [5, 5.41) is 1.27. The van der Waals surface area contributed by atoms with Gasteiger partial charge in [0.25, 0.3) is 0 Å². The van der Waals surface area contributed by atoms with Crippen molar-refractivity contribution in [1.29, 1.82) is 0 Å². The highest BCUT2D eigenvalue weighted by Gasteiger charge is 2.15. The maximum Gasteiger partial charge on any atom is 0.120 e. The number of benzene rings is 1. The van der Waals surface area contributed by atoms with Crippen molar-refractivity contribution in [1.82, 2.24) is 4.98 Å². The van der Waals surface area contributed by atoms with Gasteiger partial charge in [-0.3, -0.25) is 0 Å². The van der Waals surface area contributed by atoms with E-state index >= 15 is 0 Å². The van der Waals surface area contributed by atoms with Gasteiger partial charge in [0, 0.05) is 15.8 Å². The summed E-state index contributed by atoms with van der Waals surface area (Å²) in [7, 11) is 0. The van der Waals surface area contributed by atoms with Crippen LogP contribution in [0.1, 0.15) is 30.2 Å². The highest BCUT2D eigenvalue weighted by Crippen LogP contribution is 2.36. The van der Waals surface area contributed by atoms with E-state index in [1.54, 1.807) is 0 Å². The third-order valence-corrected chi connectivity index (χ3v) is 5.07. The van der Waals surface area contributed by atoms with Crippen LogP contribution in [0.15, 0.2) is 30.3 Å². The minimum atomic E-state index is 0.690. The van der Waals surface area contributed by atoms with Crippen LogP contribution in [0.3, 0.4) is 0 Å². The summed E-state index contributed by atoms with van der Waals surface area (Å²) in [6, 6.07) is 10.7. The van der Waals surface area contributed by atoms with Gasteiger partial charge in [-0.15, -0.1) is 11.3 Å². The largest absolute Gasteiger partial charge is 0.494 e. The number of aryl methyl sites for hydroxylation is 2. The molecule has 4 heteroatoms. The number of thiophene rings is 1. The second kappa shape index (κ2) is 7.20. The summed E-state index contributed by atoms with van der Waals surface area (Å²) in [5.74, 6) is 0.938. The summed E-state index contributed by atoms with van der Waals surface area (Å²) in [6.45, 7) is 5.61. The number of aromatic amines is 1. The number of aromatic nitrogens is 1. The van der Waals surface area contributed by atoms with E-state index in [2.05, 4.69) is 36.2 Å². The molecule has 0 saturated carbocycles. The van der Waals surface area contributed by atoms with Gasteiger partial charge in [0.05, 0.1) is 17.2 Å². The van der Waals surface area contributed by atoms with E-state index in [0.717, 1.165) is 31.6 Å². The molecule has 0 saturated heterocycles. The molecule has 3 aromatic rings. The molecule has 0 fully saturated rings. The van der Waals surface area contributed by atoms with E-state index in [-0.39, 0.29) is 0 Å². The Morgan fingerprint density at radius 2 is 2.04 bits per heavy atom. The molecule has 0 unspecified atom stereocenters. The maximum atomic E-state index is 5.68. The highest BCUT2D eigenvalue weighted by atomic mass is 32.1. The number of hydrogen-bond acceptors (Lipinski definition) is 3. The number of unbranched alkanes of at least 4 members (excludes halogenated alkanes) is 1. The Hall–Kier alpha value is -1.78. The zero-order valence-electron chi connectivity index (χ0n) is 13.8. The molecule has 0 aliphatic heterocycles. The van der Waals surface area contributed by atoms with Gasteiger partial charge in [-0.25, -0.2) is 0 Å². The van der Waals surface area contributed by atoms with Crippen molar-refractivity contribution in [2.45, 2.75) is 33.1 Å². The van der Waals surface area contributed by atoms with E-state index in [1.165, 1.54) is 31.9 Å². The Morgan fingerprint density at radius 3 is 2.74 bits per heavy atom. The smallest absolute Gasteiger partial charge is 0.120 e. The van der Waals surface area contributed by atoms with Crippen molar-refractivity contribution in [3.8, 4) is 16.3 Å². The maximum absolute atomic E-state index is 5.68. The van der Waals surface area contributed by atoms with Gasteiger partial charge in [0.2, 0.25) is 0 Å². The van der Waals surface area contributed by atoms with Crippen LogP contribution in [0.4, 0.5) is 0 Å². The second-order valence-corrected chi connectivity index (χ2v) is 7.06. The summed E-state index contributed by atoms with van der Waals surface area (Å²) in [6.07, 6.45) is 3.21. The first kappa shape index (κ1) is 16.1. The topological polar surface area (TPSA) is 51.0 Å². The fourth-order valence-electron chi connectivity index (χ4n) is 2.97. The number of fused-ring (bicyclic) bond motifs is 1. The van der Waals surface area contributed by atoms with Gasteiger partial charge in [-0.05, 0) is 75.5 Å². The molecule has 0 spiro atoms. The normalized spacial score (nSPS) is 11.3. The molecule has 0 radical (unpaired) electrons. The third kappa shape index (κ3) is 3.43. The molecule has 0 amide bonds. The molecule has 122 valence electrons. The average Bonchev–Trinajstić information content (AvgIpc) is 3.12. The van der Waals surface area contributed by atoms with Crippen molar-refractivity contribution < 1.29 is 4.74 Å². The molecular weight excluding hydrogens is 304 g/mol. The fourth-order valence-corrected chi connectivity index (χ4v) is 3.86. The van der Waals surface area contributed by atoms with E-state index in [9.17, 15) is 0 Å². The Kier molecular flexibility index (Phi) is 5.03. The molecule has 0 atom stereocenters. The van der Waals surface area contributed by atoms with Crippen LogP contribution < -0.4 is 10.5 Å².